The lowest BCUT2D eigenvalue weighted by Gasteiger charge is -2.07. The van der Waals surface area contributed by atoms with Crippen molar-refractivity contribution in [3.8, 4) is 0 Å². The molecule has 1 aromatic carbocycles. The van der Waals surface area contributed by atoms with Crippen molar-refractivity contribution < 1.29 is 4.42 Å². The van der Waals surface area contributed by atoms with Gasteiger partial charge in [0.15, 0.2) is 0 Å². The monoisotopic (exact) mass is 273 g/mol. The first-order chi connectivity index (χ1) is 9.22. The molecule has 0 atom stereocenters. The maximum absolute atomic E-state index is 5.92. The third-order valence-electron chi connectivity index (χ3n) is 2.80. The normalized spacial score (nSPS) is 10.8. The van der Waals surface area contributed by atoms with Crippen LogP contribution in [0.3, 0.4) is 0 Å². The fourth-order valence-corrected chi connectivity index (χ4v) is 2.11. The van der Waals surface area contributed by atoms with E-state index >= 15 is 0 Å². The predicted molar refractivity (Wildman–Crippen MR) is 75.3 cm³/mol. The molecule has 0 aliphatic heterocycles. The number of fused-ring (bicyclic) bond motifs is 1. The molecular formula is C14H12ClN3O. The molecule has 0 spiro atoms. The fourth-order valence-electron chi connectivity index (χ4n) is 1.93. The maximum atomic E-state index is 5.92. The molecule has 0 saturated carbocycles. The summed E-state index contributed by atoms with van der Waals surface area (Å²) in [7, 11) is 0. The Morgan fingerprint density at radius 3 is 2.79 bits per heavy atom. The minimum atomic E-state index is 0.233. The third kappa shape index (κ3) is 2.53. The van der Waals surface area contributed by atoms with Crippen LogP contribution < -0.4 is 5.32 Å². The molecule has 0 aliphatic carbocycles. The standard InChI is InChI=1S/C14H12ClN3O/c1-9-6-7-10(19-9)8-16-13-11-4-2-3-5-12(11)17-14(15)18-13/h2-7H,8H2,1H3,(H,16,17,18). The first-order valence-electron chi connectivity index (χ1n) is 5.94. The molecule has 0 amide bonds. The van der Waals surface area contributed by atoms with Crippen LogP contribution in [0.5, 0.6) is 0 Å². The zero-order valence-electron chi connectivity index (χ0n) is 10.4. The Balaban J connectivity index is 1.91. The second-order valence-corrected chi connectivity index (χ2v) is 4.56. The molecule has 0 saturated heterocycles. The van der Waals surface area contributed by atoms with Crippen LogP contribution in [0.2, 0.25) is 5.28 Å². The number of hydrogen-bond donors (Lipinski definition) is 1. The van der Waals surface area contributed by atoms with Gasteiger partial charge in [-0.25, -0.2) is 9.97 Å². The van der Waals surface area contributed by atoms with Crippen LogP contribution >= 0.6 is 11.6 Å². The number of halogens is 1. The van der Waals surface area contributed by atoms with E-state index in [-0.39, 0.29) is 5.28 Å². The van der Waals surface area contributed by atoms with E-state index in [0.29, 0.717) is 12.4 Å². The smallest absolute Gasteiger partial charge is 0.224 e. The van der Waals surface area contributed by atoms with Crippen LogP contribution in [-0.2, 0) is 6.54 Å². The Kier molecular flexibility index (Phi) is 3.09. The molecule has 5 heteroatoms. The molecule has 96 valence electrons. The molecule has 2 aromatic heterocycles. The zero-order valence-corrected chi connectivity index (χ0v) is 11.1. The lowest BCUT2D eigenvalue weighted by molar-refractivity contribution is 0.490. The summed E-state index contributed by atoms with van der Waals surface area (Å²) in [5.41, 5.74) is 0.820. The van der Waals surface area contributed by atoms with Gasteiger partial charge in [0.2, 0.25) is 5.28 Å². The van der Waals surface area contributed by atoms with Gasteiger partial charge in [0, 0.05) is 5.39 Å². The maximum Gasteiger partial charge on any atom is 0.224 e. The van der Waals surface area contributed by atoms with E-state index in [0.717, 1.165) is 22.4 Å². The summed E-state index contributed by atoms with van der Waals surface area (Å²) in [6, 6.07) is 11.6. The molecule has 0 bridgehead atoms. The highest BCUT2D eigenvalue weighted by Crippen LogP contribution is 2.22. The van der Waals surface area contributed by atoms with Crippen molar-refractivity contribution >= 4 is 28.3 Å². The van der Waals surface area contributed by atoms with Gasteiger partial charge < -0.3 is 9.73 Å². The first kappa shape index (κ1) is 12.0. The number of para-hydroxylation sites is 1. The van der Waals surface area contributed by atoms with Crippen molar-refractivity contribution in [1.82, 2.24) is 9.97 Å². The van der Waals surface area contributed by atoms with Crippen molar-refractivity contribution in [2.24, 2.45) is 0 Å². The van der Waals surface area contributed by atoms with E-state index in [4.69, 9.17) is 16.0 Å². The number of nitrogens with one attached hydrogen (secondary N) is 1. The number of nitrogens with zero attached hydrogens (tertiary/aromatic N) is 2. The van der Waals surface area contributed by atoms with Crippen molar-refractivity contribution in [3.63, 3.8) is 0 Å². The van der Waals surface area contributed by atoms with E-state index in [1.165, 1.54) is 0 Å². The number of hydrogen-bond acceptors (Lipinski definition) is 4. The van der Waals surface area contributed by atoms with E-state index in [1.807, 2.05) is 43.3 Å². The minimum absolute atomic E-state index is 0.233. The van der Waals surface area contributed by atoms with Crippen LogP contribution in [0, 0.1) is 6.92 Å². The third-order valence-corrected chi connectivity index (χ3v) is 2.97. The molecule has 2 heterocycles. The molecular weight excluding hydrogens is 262 g/mol. The second kappa shape index (κ2) is 4.90. The summed E-state index contributed by atoms with van der Waals surface area (Å²) >= 11 is 5.92. The number of aryl methyl sites for hydroxylation is 1. The Bertz CT molecular complexity index is 724. The average Bonchev–Trinajstić information content (AvgIpc) is 2.81. The molecule has 3 aromatic rings. The van der Waals surface area contributed by atoms with Crippen molar-refractivity contribution in [2.45, 2.75) is 13.5 Å². The Morgan fingerprint density at radius 2 is 2.00 bits per heavy atom. The van der Waals surface area contributed by atoms with Gasteiger partial charge in [-0.05, 0) is 42.8 Å². The van der Waals surface area contributed by atoms with Crippen LogP contribution in [0.1, 0.15) is 11.5 Å². The SMILES string of the molecule is Cc1ccc(CNc2nc(Cl)nc3ccccc23)o1. The lowest BCUT2D eigenvalue weighted by Crippen LogP contribution is -2.02. The summed E-state index contributed by atoms with van der Waals surface area (Å²) in [5, 5.41) is 4.40. The van der Waals surface area contributed by atoms with Gasteiger partial charge in [-0.2, -0.15) is 0 Å². The largest absolute Gasteiger partial charge is 0.465 e. The van der Waals surface area contributed by atoms with Gasteiger partial charge in [0.25, 0.3) is 0 Å². The molecule has 1 N–H and O–H groups in total. The van der Waals surface area contributed by atoms with E-state index in [2.05, 4.69) is 15.3 Å². The van der Waals surface area contributed by atoms with Crippen LogP contribution in [0.15, 0.2) is 40.8 Å². The first-order valence-corrected chi connectivity index (χ1v) is 6.31. The summed E-state index contributed by atoms with van der Waals surface area (Å²) in [5.74, 6) is 2.46. The predicted octanol–water partition coefficient (Wildman–Crippen LogP) is 3.80. The van der Waals surface area contributed by atoms with E-state index < -0.39 is 0 Å². The van der Waals surface area contributed by atoms with E-state index in [1.54, 1.807) is 0 Å². The van der Waals surface area contributed by atoms with Crippen molar-refractivity contribution in [1.29, 1.82) is 0 Å². The Labute approximate surface area is 115 Å². The van der Waals surface area contributed by atoms with Gasteiger partial charge in [0.1, 0.15) is 17.3 Å². The van der Waals surface area contributed by atoms with Gasteiger partial charge in [-0.15, -0.1) is 0 Å². The Morgan fingerprint density at radius 1 is 1.16 bits per heavy atom. The summed E-state index contributed by atoms with van der Waals surface area (Å²) in [6.07, 6.45) is 0. The molecule has 0 unspecified atom stereocenters. The zero-order chi connectivity index (χ0) is 13.2. The highest BCUT2D eigenvalue weighted by Gasteiger charge is 2.06. The van der Waals surface area contributed by atoms with Gasteiger partial charge >= 0.3 is 0 Å². The quantitative estimate of drug-likeness (QED) is 0.738. The molecule has 4 nitrogen and oxygen atoms in total. The fraction of sp³-hybridized carbons (Fsp3) is 0.143. The number of anilines is 1. The minimum Gasteiger partial charge on any atom is -0.465 e. The number of benzene rings is 1. The highest BCUT2D eigenvalue weighted by molar-refractivity contribution is 6.28. The second-order valence-electron chi connectivity index (χ2n) is 4.22. The number of aromatic nitrogens is 2. The summed E-state index contributed by atoms with van der Waals surface area (Å²) < 4.78 is 5.51. The van der Waals surface area contributed by atoms with E-state index in [9.17, 15) is 0 Å². The topological polar surface area (TPSA) is 51.0 Å². The van der Waals surface area contributed by atoms with Crippen molar-refractivity contribution in [3.05, 3.63) is 53.2 Å². The molecule has 19 heavy (non-hydrogen) atoms. The van der Waals surface area contributed by atoms with Gasteiger partial charge in [-0.3, -0.25) is 0 Å². The number of furan rings is 1. The van der Waals surface area contributed by atoms with Crippen LogP contribution in [0.25, 0.3) is 10.9 Å². The van der Waals surface area contributed by atoms with Gasteiger partial charge in [-0.1, -0.05) is 12.1 Å². The molecule has 0 fully saturated rings. The molecule has 0 radical (unpaired) electrons. The lowest BCUT2D eigenvalue weighted by atomic mass is 10.2. The molecule has 0 aliphatic rings. The summed E-state index contributed by atoms with van der Waals surface area (Å²) in [4.78, 5) is 8.41. The van der Waals surface area contributed by atoms with Gasteiger partial charge in [0.05, 0.1) is 12.1 Å². The molecule has 3 rings (SSSR count). The number of rotatable bonds is 3. The van der Waals surface area contributed by atoms with Crippen molar-refractivity contribution in [2.75, 3.05) is 5.32 Å². The highest BCUT2D eigenvalue weighted by atomic mass is 35.5. The average molecular weight is 274 g/mol. The van der Waals surface area contributed by atoms with Crippen LogP contribution in [0.4, 0.5) is 5.82 Å². The Hall–Kier alpha value is -2.07. The van der Waals surface area contributed by atoms with Crippen LogP contribution in [-0.4, -0.2) is 9.97 Å². The summed E-state index contributed by atoms with van der Waals surface area (Å²) in [6.45, 7) is 2.48.